The molecule has 1 aliphatic heterocycles. The first-order chi connectivity index (χ1) is 9.64. The summed E-state index contributed by atoms with van der Waals surface area (Å²) in [6.07, 6.45) is 5.41. The number of nitrogens with one attached hydrogen (secondary N) is 1. The Labute approximate surface area is 120 Å². The highest BCUT2D eigenvalue weighted by Crippen LogP contribution is 2.38. The van der Waals surface area contributed by atoms with Crippen LogP contribution in [0.5, 0.6) is 0 Å². The predicted molar refractivity (Wildman–Crippen MR) is 78.3 cm³/mol. The first-order valence-corrected chi connectivity index (χ1v) is 8.97. The van der Waals surface area contributed by atoms with Crippen molar-refractivity contribution in [3.63, 3.8) is 0 Å². The fourth-order valence-electron chi connectivity index (χ4n) is 2.93. The molecule has 2 fully saturated rings. The van der Waals surface area contributed by atoms with Gasteiger partial charge in [0.15, 0.2) is 0 Å². The highest BCUT2D eigenvalue weighted by Gasteiger charge is 2.41. The van der Waals surface area contributed by atoms with Gasteiger partial charge in [-0.15, -0.1) is 0 Å². The number of anilines is 1. The van der Waals surface area contributed by atoms with Gasteiger partial charge in [0.2, 0.25) is 10.0 Å². The molecule has 1 heterocycles. The van der Waals surface area contributed by atoms with Crippen molar-refractivity contribution in [2.24, 2.45) is 5.92 Å². The minimum atomic E-state index is -3.32. The Bertz CT molecular complexity index is 633. The van der Waals surface area contributed by atoms with Crippen molar-refractivity contribution < 1.29 is 8.42 Å². The summed E-state index contributed by atoms with van der Waals surface area (Å²) >= 11 is 0. The molecule has 0 spiro atoms. The van der Waals surface area contributed by atoms with Gasteiger partial charge in [-0.1, -0.05) is 6.07 Å². The Morgan fingerprint density at radius 2 is 2.00 bits per heavy atom. The van der Waals surface area contributed by atoms with Gasteiger partial charge in [-0.05, 0) is 55.7 Å². The zero-order chi connectivity index (χ0) is 13.7. The Morgan fingerprint density at radius 3 is 2.70 bits per heavy atom. The van der Waals surface area contributed by atoms with Gasteiger partial charge in [-0.25, -0.2) is 8.42 Å². The summed E-state index contributed by atoms with van der Waals surface area (Å²) in [5, 5.41) is 3.27. The van der Waals surface area contributed by atoms with Crippen molar-refractivity contribution in [1.29, 1.82) is 0 Å². The van der Waals surface area contributed by atoms with Crippen LogP contribution in [0, 0.1) is 5.92 Å². The molecule has 108 valence electrons. The molecule has 3 aliphatic rings. The molecular weight excluding hydrogens is 272 g/mol. The summed E-state index contributed by atoms with van der Waals surface area (Å²) in [6, 6.07) is 5.81. The SMILES string of the molecule is O=S(=O)(c1ccc2c(c1)NCC2)N(CC1CC1)C1CC1. The smallest absolute Gasteiger partial charge is 0.243 e. The molecule has 0 amide bonds. The molecule has 0 radical (unpaired) electrons. The van der Waals surface area contributed by atoms with Gasteiger partial charge in [0, 0.05) is 24.8 Å². The highest BCUT2D eigenvalue weighted by molar-refractivity contribution is 7.89. The summed E-state index contributed by atoms with van der Waals surface area (Å²) in [4.78, 5) is 0.457. The molecule has 1 N–H and O–H groups in total. The van der Waals surface area contributed by atoms with Gasteiger partial charge in [0.25, 0.3) is 0 Å². The van der Waals surface area contributed by atoms with Gasteiger partial charge in [0.1, 0.15) is 0 Å². The van der Waals surface area contributed by atoms with E-state index in [0.29, 0.717) is 10.8 Å². The number of fused-ring (bicyclic) bond motifs is 1. The van der Waals surface area contributed by atoms with Crippen LogP contribution in [0.3, 0.4) is 0 Å². The largest absolute Gasteiger partial charge is 0.384 e. The lowest BCUT2D eigenvalue weighted by atomic mass is 10.2. The van der Waals surface area contributed by atoms with Crippen LogP contribution in [0.2, 0.25) is 0 Å². The monoisotopic (exact) mass is 292 g/mol. The van der Waals surface area contributed by atoms with Crippen molar-refractivity contribution in [2.75, 3.05) is 18.4 Å². The van der Waals surface area contributed by atoms with Crippen LogP contribution in [0.4, 0.5) is 5.69 Å². The van der Waals surface area contributed by atoms with E-state index in [1.54, 1.807) is 10.4 Å². The molecule has 0 saturated heterocycles. The molecule has 4 rings (SSSR count). The first kappa shape index (κ1) is 12.7. The zero-order valence-corrected chi connectivity index (χ0v) is 12.3. The van der Waals surface area contributed by atoms with Crippen molar-refractivity contribution in [3.8, 4) is 0 Å². The lowest BCUT2D eigenvalue weighted by Gasteiger charge is -2.22. The number of hydrogen-bond acceptors (Lipinski definition) is 3. The van der Waals surface area contributed by atoms with Crippen LogP contribution in [-0.4, -0.2) is 31.9 Å². The van der Waals surface area contributed by atoms with E-state index >= 15 is 0 Å². The van der Waals surface area contributed by atoms with Gasteiger partial charge in [0.05, 0.1) is 4.90 Å². The predicted octanol–water partition coefficient (Wildman–Crippen LogP) is 2.22. The van der Waals surface area contributed by atoms with E-state index in [2.05, 4.69) is 5.32 Å². The number of sulfonamides is 1. The average Bonchev–Trinajstić information content (AvgIpc) is 3.33. The third kappa shape index (κ3) is 2.23. The summed E-state index contributed by atoms with van der Waals surface area (Å²) in [5.74, 6) is 0.595. The topological polar surface area (TPSA) is 49.4 Å². The van der Waals surface area contributed by atoms with Crippen LogP contribution < -0.4 is 5.32 Å². The highest BCUT2D eigenvalue weighted by atomic mass is 32.2. The van der Waals surface area contributed by atoms with Crippen molar-refractivity contribution in [2.45, 2.75) is 43.0 Å². The van der Waals surface area contributed by atoms with Gasteiger partial charge >= 0.3 is 0 Å². The second-order valence-electron chi connectivity index (χ2n) is 6.25. The third-order valence-corrected chi connectivity index (χ3v) is 6.40. The Balaban J connectivity index is 1.67. The molecular formula is C15H20N2O2S. The van der Waals surface area contributed by atoms with Crippen LogP contribution in [-0.2, 0) is 16.4 Å². The molecule has 0 unspecified atom stereocenters. The molecule has 1 aromatic carbocycles. The number of benzene rings is 1. The average molecular weight is 292 g/mol. The summed E-state index contributed by atoms with van der Waals surface area (Å²) in [5.41, 5.74) is 2.22. The van der Waals surface area contributed by atoms with Gasteiger partial charge in [-0.2, -0.15) is 4.31 Å². The molecule has 1 aromatic rings. The molecule has 0 atom stereocenters. The van der Waals surface area contributed by atoms with E-state index < -0.39 is 10.0 Å². The number of nitrogens with zero attached hydrogens (tertiary/aromatic N) is 1. The number of hydrogen-bond donors (Lipinski definition) is 1. The minimum Gasteiger partial charge on any atom is -0.384 e. The van der Waals surface area contributed by atoms with E-state index in [9.17, 15) is 8.42 Å². The maximum atomic E-state index is 12.9. The fourth-order valence-corrected chi connectivity index (χ4v) is 4.71. The molecule has 0 aromatic heterocycles. The molecule has 2 saturated carbocycles. The second kappa shape index (κ2) is 4.46. The van der Waals surface area contributed by atoms with Crippen molar-refractivity contribution >= 4 is 15.7 Å². The summed E-state index contributed by atoms with van der Waals surface area (Å²) < 4.78 is 27.5. The van der Waals surface area contributed by atoms with Crippen LogP contribution in [0.1, 0.15) is 31.2 Å². The minimum absolute atomic E-state index is 0.252. The van der Waals surface area contributed by atoms with Crippen LogP contribution >= 0.6 is 0 Å². The maximum Gasteiger partial charge on any atom is 0.243 e. The van der Waals surface area contributed by atoms with E-state index in [1.165, 1.54) is 18.4 Å². The Morgan fingerprint density at radius 1 is 1.20 bits per heavy atom. The molecule has 4 nitrogen and oxygen atoms in total. The molecule has 5 heteroatoms. The molecule has 2 aliphatic carbocycles. The second-order valence-corrected chi connectivity index (χ2v) is 8.14. The van der Waals surface area contributed by atoms with E-state index in [0.717, 1.165) is 38.0 Å². The van der Waals surface area contributed by atoms with Gasteiger partial charge < -0.3 is 5.32 Å². The normalized spacial score (nSPS) is 21.9. The maximum absolute atomic E-state index is 12.9. The standard InChI is InChI=1S/C15H20N2O2S/c18-20(19,17(13-4-5-13)10-11-1-2-11)14-6-3-12-7-8-16-15(12)9-14/h3,6,9,11,13,16H,1-2,4-5,7-8,10H2. The van der Waals surface area contributed by atoms with E-state index in [1.807, 2.05) is 12.1 Å². The first-order valence-electron chi connectivity index (χ1n) is 7.53. The Hall–Kier alpha value is -1.07. The van der Waals surface area contributed by atoms with E-state index in [4.69, 9.17) is 0 Å². The van der Waals surface area contributed by atoms with Crippen molar-refractivity contribution in [3.05, 3.63) is 23.8 Å². The third-order valence-electron chi connectivity index (χ3n) is 4.49. The number of rotatable bonds is 5. The van der Waals surface area contributed by atoms with Crippen LogP contribution in [0.25, 0.3) is 0 Å². The summed E-state index contributed by atoms with van der Waals surface area (Å²) in [7, 11) is -3.32. The molecule has 20 heavy (non-hydrogen) atoms. The molecule has 0 bridgehead atoms. The zero-order valence-electron chi connectivity index (χ0n) is 11.5. The van der Waals surface area contributed by atoms with Crippen LogP contribution in [0.15, 0.2) is 23.1 Å². The lowest BCUT2D eigenvalue weighted by molar-refractivity contribution is 0.389. The van der Waals surface area contributed by atoms with E-state index in [-0.39, 0.29) is 6.04 Å². The van der Waals surface area contributed by atoms with Gasteiger partial charge in [-0.3, -0.25) is 0 Å². The van der Waals surface area contributed by atoms with Crippen molar-refractivity contribution in [1.82, 2.24) is 4.31 Å². The lowest BCUT2D eigenvalue weighted by Crippen LogP contribution is -2.34. The quantitative estimate of drug-likeness (QED) is 0.905. The Kier molecular flexibility index (Phi) is 2.82. The fraction of sp³-hybridized carbons (Fsp3) is 0.600. The summed E-state index contributed by atoms with van der Waals surface area (Å²) in [6.45, 7) is 1.63.